The molecule has 0 radical (unpaired) electrons. The van der Waals surface area contributed by atoms with Crippen LogP contribution in [0, 0.1) is 11.8 Å². The second kappa shape index (κ2) is 4.78. The van der Waals surface area contributed by atoms with Gasteiger partial charge in [-0.25, -0.2) is 0 Å². The minimum atomic E-state index is 0.0541. The lowest BCUT2D eigenvalue weighted by molar-refractivity contribution is -0.141. The Morgan fingerprint density at radius 2 is 2.29 bits per heavy atom. The van der Waals surface area contributed by atoms with Gasteiger partial charge in [0.2, 0.25) is 5.91 Å². The number of amides is 1. The van der Waals surface area contributed by atoms with Gasteiger partial charge in [0, 0.05) is 30.2 Å². The Balaban J connectivity index is 1.56. The molecule has 1 aliphatic carbocycles. The average Bonchev–Trinajstić information content (AvgIpc) is 2.89. The largest absolute Gasteiger partial charge is 0.376 e. The highest BCUT2D eigenvalue weighted by molar-refractivity contribution is 7.99. The molecule has 0 aromatic rings. The second-order valence-electron chi connectivity index (χ2n) is 5.31. The molecule has 17 heavy (non-hydrogen) atoms. The summed E-state index contributed by atoms with van der Waals surface area (Å²) < 4.78 is 5.72. The Bertz CT molecular complexity index is 307. The van der Waals surface area contributed by atoms with E-state index >= 15 is 0 Å². The third kappa shape index (κ3) is 2.09. The van der Waals surface area contributed by atoms with Crippen LogP contribution in [-0.2, 0) is 9.53 Å². The van der Waals surface area contributed by atoms with Gasteiger partial charge in [-0.1, -0.05) is 0 Å². The Labute approximate surface area is 106 Å². The van der Waals surface area contributed by atoms with E-state index in [4.69, 9.17) is 10.5 Å². The molecule has 4 nitrogen and oxygen atoms in total. The molecular weight excluding hydrogens is 236 g/mol. The quantitative estimate of drug-likeness (QED) is 0.749. The van der Waals surface area contributed by atoms with Crippen molar-refractivity contribution in [2.45, 2.75) is 37.5 Å². The van der Waals surface area contributed by atoms with Gasteiger partial charge >= 0.3 is 0 Å². The van der Waals surface area contributed by atoms with E-state index in [2.05, 4.69) is 5.32 Å². The lowest BCUT2D eigenvalue weighted by atomic mass is 9.68. The first-order valence-corrected chi connectivity index (χ1v) is 7.68. The molecule has 0 spiro atoms. The van der Waals surface area contributed by atoms with Crippen molar-refractivity contribution in [2.75, 3.05) is 18.1 Å². The summed E-state index contributed by atoms with van der Waals surface area (Å²) in [5, 5.41) is 3.10. The molecule has 2 aliphatic heterocycles. The first-order chi connectivity index (χ1) is 8.27. The lowest BCUT2D eigenvalue weighted by Gasteiger charge is -2.52. The molecule has 1 saturated carbocycles. The summed E-state index contributed by atoms with van der Waals surface area (Å²) >= 11 is 1.86. The fraction of sp³-hybridized carbons (Fsp3) is 0.917. The second-order valence-corrected chi connectivity index (χ2v) is 6.46. The van der Waals surface area contributed by atoms with E-state index in [1.807, 2.05) is 11.8 Å². The number of thioether (sulfide) groups is 1. The molecule has 5 atom stereocenters. The van der Waals surface area contributed by atoms with Crippen LogP contribution >= 0.6 is 11.8 Å². The Hall–Kier alpha value is -0.260. The third-order valence-corrected chi connectivity index (χ3v) is 5.45. The normalized spacial score (nSPS) is 44.9. The smallest absolute Gasteiger partial charge is 0.224 e. The van der Waals surface area contributed by atoms with E-state index < -0.39 is 0 Å². The van der Waals surface area contributed by atoms with Gasteiger partial charge in [-0.15, -0.1) is 0 Å². The average molecular weight is 256 g/mol. The van der Waals surface area contributed by atoms with Crippen molar-refractivity contribution in [3.05, 3.63) is 0 Å². The van der Waals surface area contributed by atoms with E-state index in [1.165, 1.54) is 0 Å². The molecular formula is C12H20N2O2S. The number of carbonyl (C=O) groups excluding carboxylic acids is 1. The van der Waals surface area contributed by atoms with E-state index in [9.17, 15) is 4.79 Å². The maximum Gasteiger partial charge on any atom is 0.224 e. The first kappa shape index (κ1) is 11.8. The summed E-state index contributed by atoms with van der Waals surface area (Å²) in [6.07, 6.45) is 3.44. The molecule has 0 aromatic heterocycles. The van der Waals surface area contributed by atoms with Gasteiger partial charge in [0.15, 0.2) is 0 Å². The molecule has 3 rings (SSSR count). The summed E-state index contributed by atoms with van der Waals surface area (Å²) in [4.78, 5) is 12.0. The van der Waals surface area contributed by atoms with E-state index in [0.717, 1.165) is 37.4 Å². The van der Waals surface area contributed by atoms with Crippen molar-refractivity contribution >= 4 is 17.7 Å². The highest BCUT2D eigenvalue weighted by atomic mass is 32.2. The van der Waals surface area contributed by atoms with Gasteiger partial charge in [-0.3, -0.25) is 4.79 Å². The van der Waals surface area contributed by atoms with Crippen LogP contribution in [0.5, 0.6) is 0 Å². The molecule has 0 aromatic carbocycles. The summed E-state index contributed by atoms with van der Waals surface area (Å²) in [6, 6.07) is 0.150. The zero-order valence-electron chi connectivity index (χ0n) is 9.93. The summed E-state index contributed by atoms with van der Waals surface area (Å²) in [5.74, 6) is 2.91. The Morgan fingerprint density at radius 1 is 1.41 bits per heavy atom. The van der Waals surface area contributed by atoms with E-state index in [0.29, 0.717) is 5.92 Å². The number of hydrogen-bond acceptors (Lipinski definition) is 4. The summed E-state index contributed by atoms with van der Waals surface area (Å²) in [5.41, 5.74) is 6.12. The van der Waals surface area contributed by atoms with Crippen LogP contribution in [0.15, 0.2) is 0 Å². The fourth-order valence-corrected chi connectivity index (χ4v) is 4.37. The van der Waals surface area contributed by atoms with Crippen molar-refractivity contribution in [3.63, 3.8) is 0 Å². The number of fused-ring (bicyclic) bond motifs is 1. The number of nitrogens with one attached hydrogen (secondary N) is 1. The van der Waals surface area contributed by atoms with E-state index in [1.54, 1.807) is 0 Å². The van der Waals surface area contributed by atoms with Crippen molar-refractivity contribution in [3.8, 4) is 0 Å². The minimum Gasteiger partial charge on any atom is -0.376 e. The summed E-state index contributed by atoms with van der Waals surface area (Å²) in [7, 11) is 0. The Morgan fingerprint density at radius 3 is 3.06 bits per heavy atom. The number of hydrogen-bond donors (Lipinski definition) is 2. The Kier molecular flexibility index (Phi) is 3.32. The molecule has 1 amide bonds. The van der Waals surface area contributed by atoms with Crippen LogP contribution in [0.2, 0.25) is 0 Å². The molecule has 3 fully saturated rings. The van der Waals surface area contributed by atoms with Crippen LogP contribution in [0.4, 0.5) is 0 Å². The van der Waals surface area contributed by atoms with Crippen LogP contribution in [0.1, 0.15) is 19.3 Å². The first-order valence-electron chi connectivity index (χ1n) is 6.52. The maximum absolute atomic E-state index is 12.0. The van der Waals surface area contributed by atoms with Crippen molar-refractivity contribution < 1.29 is 9.53 Å². The molecule has 3 aliphatic rings. The maximum atomic E-state index is 12.0. The molecule has 0 bridgehead atoms. The van der Waals surface area contributed by atoms with Crippen LogP contribution < -0.4 is 11.1 Å². The number of rotatable bonds is 2. The van der Waals surface area contributed by atoms with Gasteiger partial charge < -0.3 is 15.8 Å². The summed E-state index contributed by atoms with van der Waals surface area (Å²) in [6.45, 7) is 0.819. The zero-order valence-corrected chi connectivity index (χ0v) is 10.7. The number of ether oxygens (including phenoxy) is 1. The van der Waals surface area contributed by atoms with Gasteiger partial charge in [0.1, 0.15) is 0 Å². The third-order valence-electron chi connectivity index (χ3n) is 4.29. The molecule has 5 heteroatoms. The zero-order chi connectivity index (χ0) is 11.8. The van der Waals surface area contributed by atoms with Crippen molar-refractivity contribution in [2.24, 2.45) is 17.6 Å². The minimum absolute atomic E-state index is 0.0541. The topological polar surface area (TPSA) is 64.3 Å². The highest BCUT2D eigenvalue weighted by Crippen LogP contribution is 2.37. The molecule has 5 unspecified atom stereocenters. The highest BCUT2D eigenvalue weighted by Gasteiger charge is 2.51. The predicted molar refractivity (Wildman–Crippen MR) is 67.8 cm³/mol. The lowest BCUT2D eigenvalue weighted by Crippen LogP contribution is -2.72. The molecule has 2 heterocycles. The fourth-order valence-electron chi connectivity index (χ4n) is 3.15. The van der Waals surface area contributed by atoms with Gasteiger partial charge in [0.05, 0.1) is 12.1 Å². The van der Waals surface area contributed by atoms with Gasteiger partial charge in [0.25, 0.3) is 0 Å². The van der Waals surface area contributed by atoms with Crippen molar-refractivity contribution in [1.82, 2.24) is 5.32 Å². The number of carbonyl (C=O) groups is 1. The van der Waals surface area contributed by atoms with Crippen LogP contribution in [0.3, 0.4) is 0 Å². The van der Waals surface area contributed by atoms with Gasteiger partial charge in [-0.2, -0.15) is 11.8 Å². The van der Waals surface area contributed by atoms with Gasteiger partial charge in [-0.05, 0) is 25.0 Å². The molecule has 3 N–H and O–H groups in total. The van der Waals surface area contributed by atoms with Crippen LogP contribution in [0.25, 0.3) is 0 Å². The molecule has 2 saturated heterocycles. The monoisotopic (exact) mass is 256 g/mol. The SMILES string of the molecule is NC1C2CCCOC2C1NC(=O)C1CCSC1. The van der Waals surface area contributed by atoms with Crippen LogP contribution in [-0.4, -0.2) is 42.2 Å². The van der Waals surface area contributed by atoms with E-state index in [-0.39, 0.29) is 30.0 Å². The molecule has 96 valence electrons. The predicted octanol–water partition coefficient (Wildman–Crippen LogP) is 0.360. The standard InChI is InChI=1S/C12H20N2O2S/c13-9-8-2-1-4-16-11(8)10(9)14-12(15)7-3-5-17-6-7/h7-11H,1-6,13H2,(H,14,15). The van der Waals surface area contributed by atoms with Crippen molar-refractivity contribution in [1.29, 1.82) is 0 Å². The number of nitrogens with two attached hydrogens (primary N) is 1.